The molecule has 0 heterocycles. The van der Waals surface area contributed by atoms with Crippen molar-refractivity contribution in [3.8, 4) is 11.5 Å². The summed E-state index contributed by atoms with van der Waals surface area (Å²) >= 11 is 6.09. The van der Waals surface area contributed by atoms with Gasteiger partial charge in [0.2, 0.25) is 0 Å². The number of ether oxygens (including phenoxy) is 2. The van der Waals surface area contributed by atoms with Crippen LogP contribution in [0.4, 0.5) is 5.69 Å². The average Bonchev–Trinajstić information content (AvgIpc) is 2.57. The summed E-state index contributed by atoms with van der Waals surface area (Å²) in [5, 5.41) is 13.7. The molecule has 0 spiro atoms. The van der Waals surface area contributed by atoms with Crippen molar-refractivity contribution in [2.75, 3.05) is 18.5 Å². The molecule has 0 fully saturated rings. The summed E-state index contributed by atoms with van der Waals surface area (Å²) in [7, 11) is 0. The van der Waals surface area contributed by atoms with Crippen LogP contribution < -0.4 is 19.9 Å². The quantitative estimate of drug-likeness (QED) is 0.815. The Labute approximate surface area is 150 Å². The van der Waals surface area contributed by atoms with Gasteiger partial charge in [0, 0.05) is 10.7 Å². The standard InChI is InChI=1S/C18H18ClNO5/c1-11-7-15(8-12(2)18(11)19)24-9-16(21)20-13-3-5-14(6-4-13)25-10-17(22)23/h3-8H,9-10H2,1-2H3,(H,20,21)(H,22,23)/p-1. The normalized spacial score (nSPS) is 10.2. The van der Waals surface area contributed by atoms with Crippen molar-refractivity contribution < 1.29 is 24.2 Å². The predicted octanol–water partition coefficient (Wildman–Crippen LogP) is 2.10. The minimum absolute atomic E-state index is 0.149. The van der Waals surface area contributed by atoms with Gasteiger partial charge in [0.25, 0.3) is 5.91 Å². The minimum Gasteiger partial charge on any atom is -0.546 e. The fourth-order valence-electron chi connectivity index (χ4n) is 2.11. The number of rotatable bonds is 7. The summed E-state index contributed by atoms with van der Waals surface area (Å²) in [6.07, 6.45) is 0. The largest absolute Gasteiger partial charge is 0.546 e. The molecule has 0 aliphatic heterocycles. The molecule has 2 rings (SSSR count). The number of carboxylic acid groups (broad SMARTS) is 1. The van der Waals surface area contributed by atoms with Crippen molar-refractivity contribution in [2.24, 2.45) is 0 Å². The van der Waals surface area contributed by atoms with Crippen LogP contribution in [0.5, 0.6) is 11.5 Å². The number of hydrogen-bond donors (Lipinski definition) is 1. The van der Waals surface area contributed by atoms with Gasteiger partial charge < -0.3 is 24.7 Å². The van der Waals surface area contributed by atoms with Crippen LogP contribution in [0.15, 0.2) is 36.4 Å². The highest BCUT2D eigenvalue weighted by Crippen LogP contribution is 2.25. The van der Waals surface area contributed by atoms with Crippen molar-refractivity contribution in [1.82, 2.24) is 0 Å². The first-order chi connectivity index (χ1) is 11.8. The molecule has 2 aromatic rings. The molecule has 2 aromatic carbocycles. The lowest BCUT2D eigenvalue weighted by Gasteiger charge is -2.11. The van der Waals surface area contributed by atoms with Crippen LogP contribution >= 0.6 is 11.6 Å². The Kier molecular flexibility index (Phi) is 6.25. The topological polar surface area (TPSA) is 87.7 Å². The van der Waals surface area contributed by atoms with E-state index in [2.05, 4.69) is 5.32 Å². The summed E-state index contributed by atoms with van der Waals surface area (Å²) < 4.78 is 10.4. The summed E-state index contributed by atoms with van der Waals surface area (Å²) in [4.78, 5) is 22.3. The summed E-state index contributed by atoms with van der Waals surface area (Å²) in [6.45, 7) is 3.06. The first-order valence-electron chi connectivity index (χ1n) is 7.47. The van der Waals surface area contributed by atoms with Crippen LogP contribution in [0.3, 0.4) is 0 Å². The van der Waals surface area contributed by atoms with Crippen LogP contribution in [-0.2, 0) is 9.59 Å². The highest BCUT2D eigenvalue weighted by atomic mass is 35.5. The SMILES string of the molecule is Cc1cc(OCC(=O)Nc2ccc(OCC(=O)[O-])cc2)cc(C)c1Cl. The van der Waals surface area contributed by atoms with Gasteiger partial charge >= 0.3 is 0 Å². The third-order valence-electron chi connectivity index (χ3n) is 3.27. The molecule has 0 saturated carbocycles. The van der Waals surface area contributed by atoms with E-state index in [1.54, 1.807) is 36.4 Å². The molecule has 0 radical (unpaired) electrons. The Morgan fingerprint density at radius 3 is 2.12 bits per heavy atom. The number of carboxylic acids is 1. The number of carbonyl (C=O) groups excluding carboxylic acids is 2. The number of nitrogens with one attached hydrogen (secondary N) is 1. The van der Waals surface area contributed by atoms with Crippen molar-refractivity contribution in [1.29, 1.82) is 0 Å². The lowest BCUT2D eigenvalue weighted by Crippen LogP contribution is -2.28. The number of benzene rings is 2. The Bertz CT molecular complexity index is 751. The van der Waals surface area contributed by atoms with E-state index in [9.17, 15) is 14.7 Å². The predicted molar refractivity (Wildman–Crippen MR) is 92.0 cm³/mol. The van der Waals surface area contributed by atoms with E-state index < -0.39 is 12.6 Å². The van der Waals surface area contributed by atoms with E-state index >= 15 is 0 Å². The smallest absolute Gasteiger partial charge is 0.262 e. The second kappa shape index (κ2) is 8.39. The second-order valence-electron chi connectivity index (χ2n) is 5.39. The van der Waals surface area contributed by atoms with E-state index in [-0.39, 0.29) is 12.5 Å². The van der Waals surface area contributed by atoms with Crippen molar-refractivity contribution in [2.45, 2.75) is 13.8 Å². The van der Waals surface area contributed by atoms with Gasteiger partial charge in [-0.05, 0) is 61.4 Å². The lowest BCUT2D eigenvalue weighted by molar-refractivity contribution is -0.307. The maximum atomic E-state index is 11.9. The average molecular weight is 363 g/mol. The van der Waals surface area contributed by atoms with Gasteiger partial charge in [-0.25, -0.2) is 0 Å². The molecule has 132 valence electrons. The van der Waals surface area contributed by atoms with Gasteiger partial charge in [-0.3, -0.25) is 4.79 Å². The van der Waals surface area contributed by atoms with Gasteiger partial charge in [-0.1, -0.05) is 11.6 Å². The molecule has 0 saturated heterocycles. The Hall–Kier alpha value is -2.73. The number of aliphatic carboxylic acids is 1. The molecule has 0 bridgehead atoms. The van der Waals surface area contributed by atoms with Gasteiger partial charge in [-0.2, -0.15) is 0 Å². The van der Waals surface area contributed by atoms with Gasteiger partial charge in [0.15, 0.2) is 6.61 Å². The molecule has 1 N–H and O–H groups in total. The number of halogens is 1. The Morgan fingerprint density at radius 1 is 1.00 bits per heavy atom. The molecule has 7 heteroatoms. The number of carbonyl (C=O) groups is 2. The molecule has 1 amide bonds. The second-order valence-corrected chi connectivity index (χ2v) is 5.77. The van der Waals surface area contributed by atoms with E-state index in [1.165, 1.54) is 0 Å². The molecule has 6 nitrogen and oxygen atoms in total. The molecule has 0 aliphatic rings. The van der Waals surface area contributed by atoms with Crippen molar-refractivity contribution >= 4 is 29.2 Å². The highest BCUT2D eigenvalue weighted by Gasteiger charge is 2.07. The molecule has 25 heavy (non-hydrogen) atoms. The van der Waals surface area contributed by atoms with Crippen LogP contribution in [0.25, 0.3) is 0 Å². The molecule has 0 atom stereocenters. The first kappa shape index (κ1) is 18.6. The molecule has 0 aromatic heterocycles. The van der Waals surface area contributed by atoms with E-state index in [4.69, 9.17) is 21.1 Å². The van der Waals surface area contributed by atoms with E-state index in [1.807, 2.05) is 13.8 Å². The number of amides is 1. The fraction of sp³-hybridized carbons (Fsp3) is 0.222. The number of anilines is 1. The van der Waals surface area contributed by atoms with Gasteiger partial charge in [0.1, 0.15) is 18.1 Å². The van der Waals surface area contributed by atoms with Crippen LogP contribution in [0, 0.1) is 13.8 Å². The molecule has 0 aliphatic carbocycles. The lowest BCUT2D eigenvalue weighted by atomic mass is 10.1. The maximum absolute atomic E-state index is 11.9. The van der Waals surface area contributed by atoms with Gasteiger partial charge in [0.05, 0.1) is 5.97 Å². The van der Waals surface area contributed by atoms with E-state index in [0.717, 1.165) is 11.1 Å². The summed E-state index contributed by atoms with van der Waals surface area (Å²) in [5.74, 6) is -0.693. The summed E-state index contributed by atoms with van der Waals surface area (Å²) in [6, 6.07) is 9.83. The molecular formula is C18H17ClNO5-. The fourth-order valence-corrected chi connectivity index (χ4v) is 2.22. The number of hydrogen-bond acceptors (Lipinski definition) is 5. The monoisotopic (exact) mass is 362 g/mol. The molecule has 0 unspecified atom stereocenters. The third kappa shape index (κ3) is 5.69. The highest BCUT2D eigenvalue weighted by molar-refractivity contribution is 6.32. The van der Waals surface area contributed by atoms with E-state index in [0.29, 0.717) is 22.2 Å². The first-order valence-corrected chi connectivity index (χ1v) is 7.85. The third-order valence-corrected chi connectivity index (χ3v) is 3.87. The minimum atomic E-state index is -1.30. The van der Waals surface area contributed by atoms with Gasteiger partial charge in [-0.15, -0.1) is 0 Å². The Morgan fingerprint density at radius 2 is 1.56 bits per heavy atom. The van der Waals surface area contributed by atoms with Crippen LogP contribution in [0.2, 0.25) is 5.02 Å². The zero-order chi connectivity index (χ0) is 18.4. The van der Waals surface area contributed by atoms with Crippen LogP contribution in [0.1, 0.15) is 11.1 Å². The number of aryl methyl sites for hydroxylation is 2. The van der Waals surface area contributed by atoms with Crippen molar-refractivity contribution in [3.63, 3.8) is 0 Å². The zero-order valence-corrected chi connectivity index (χ0v) is 14.6. The Balaban J connectivity index is 1.87. The zero-order valence-electron chi connectivity index (χ0n) is 13.8. The summed E-state index contributed by atoms with van der Waals surface area (Å²) in [5.41, 5.74) is 2.30. The van der Waals surface area contributed by atoms with Crippen molar-refractivity contribution in [3.05, 3.63) is 52.5 Å². The maximum Gasteiger partial charge on any atom is 0.262 e. The molecular weight excluding hydrogens is 346 g/mol. The van der Waals surface area contributed by atoms with Crippen LogP contribution in [-0.4, -0.2) is 25.1 Å².